The van der Waals surface area contributed by atoms with E-state index in [-0.39, 0.29) is 12.3 Å². The van der Waals surface area contributed by atoms with Crippen LogP contribution in [0.25, 0.3) is 0 Å². The van der Waals surface area contributed by atoms with Gasteiger partial charge < -0.3 is 15.1 Å². The zero-order chi connectivity index (χ0) is 14.5. The van der Waals surface area contributed by atoms with Gasteiger partial charge in [-0.15, -0.1) is 0 Å². The molecule has 0 spiro atoms. The van der Waals surface area contributed by atoms with Crippen LogP contribution in [0.3, 0.4) is 0 Å². The fourth-order valence-electron chi connectivity index (χ4n) is 1.49. The first-order chi connectivity index (χ1) is 9.54. The summed E-state index contributed by atoms with van der Waals surface area (Å²) in [7, 11) is 0. The molecule has 0 fully saturated rings. The SMILES string of the molecule is O=C(CNC(=O)c1ccco1)Nc1cc(Cl)cc(Cl)c1. The maximum atomic E-state index is 11.7. The van der Waals surface area contributed by atoms with Gasteiger partial charge in [0.2, 0.25) is 5.91 Å². The van der Waals surface area contributed by atoms with E-state index in [1.165, 1.54) is 12.3 Å². The molecule has 2 N–H and O–H groups in total. The first-order valence-corrected chi connectivity index (χ1v) is 6.38. The van der Waals surface area contributed by atoms with Crippen molar-refractivity contribution < 1.29 is 14.0 Å². The van der Waals surface area contributed by atoms with Crippen LogP contribution >= 0.6 is 23.2 Å². The monoisotopic (exact) mass is 312 g/mol. The zero-order valence-electron chi connectivity index (χ0n) is 10.2. The molecule has 0 bridgehead atoms. The third-order valence-corrected chi connectivity index (χ3v) is 2.74. The quantitative estimate of drug-likeness (QED) is 0.911. The molecule has 0 saturated carbocycles. The third-order valence-electron chi connectivity index (χ3n) is 2.30. The number of furan rings is 1. The van der Waals surface area contributed by atoms with Gasteiger partial charge in [-0.2, -0.15) is 0 Å². The molecule has 0 unspecified atom stereocenters. The maximum absolute atomic E-state index is 11.7. The van der Waals surface area contributed by atoms with Gasteiger partial charge in [-0.05, 0) is 30.3 Å². The summed E-state index contributed by atoms with van der Waals surface area (Å²) < 4.78 is 4.90. The van der Waals surface area contributed by atoms with Crippen molar-refractivity contribution in [3.63, 3.8) is 0 Å². The number of carbonyl (C=O) groups is 2. The summed E-state index contributed by atoms with van der Waals surface area (Å²) in [6.07, 6.45) is 1.38. The second-order valence-electron chi connectivity index (χ2n) is 3.87. The van der Waals surface area contributed by atoms with E-state index in [1.807, 2.05) is 0 Å². The van der Waals surface area contributed by atoms with Crippen molar-refractivity contribution >= 4 is 40.7 Å². The number of rotatable bonds is 4. The van der Waals surface area contributed by atoms with Gasteiger partial charge in [0.1, 0.15) is 0 Å². The van der Waals surface area contributed by atoms with E-state index in [0.717, 1.165) is 0 Å². The molecule has 0 atom stereocenters. The van der Waals surface area contributed by atoms with Crippen molar-refractivity contribution in [3.8, 4) is 0 Å². The van der Waals surface area contributed by atoms with E-state index >= 15 is 0 Å². The number of halogens is 2. The molecule has 1 aromatic heterocycles. The second kappa shape index (κ2) is 6.45. The maximum Gasteiger partial charge on any atom is 0.287 e. The standard InChI is InChI=1S/C13H10Cl2N2O3/c14-8-4-9(15)6-10(5-8)17-12(18)7-16-13(19)11-2-1-3-20-11/h1-6H,7H2,(H,16,19)(H,17,18). The van der Waals surface area contributed by atoms with E-state index < -0.39 is 11.8 Å². The Morgan fingerprint density at radius 3 is 2.45 bits per heavy atom. The number of benzene rings is 1. The lowest BCUT2D eigenvalue weighted by atomic mass is 10.3. The van der Waals surface area contributed by atoms with E-state index in [9.17, 15) is 9.59 Å². The molecule has 2 aromatic rings. The molecule has 0 radical (unpaired) electrons. The van der Waals surface area contributed by atoms with E-state index in [1.54, 1.807) is 24.3 Å². The summed E-state index contributed by atoms with van der Waals surface area (Å²) in [5, 5.41) is 5.81. The van der Waals surface area contributed by atoms with Crippen molar-refractivity contribution in [2.45, 2.75) is 0 Å². The fourth-order valence-corrected chi connectivity index (χ4v) is 2.01. The topological polar surface area (TPSA) is 71.3 Å². The Hall–Kier alpha value is -1.98. The van der Waals surface area contributed by atoms with Crippen molar-refractivity contribution in [3.05, 3.63) is 52.4 Å². The highest BCUT2D eigenvalue weighted by Crippen LogP contribution is 2.22. The number of hydrogen-bond donors (Lipinski definition) is 2. The van der Waals surface area contributed by atoms with Gasteiger partial charge in [0, 0.05) is 15.7 Å². The molecule has 2 amide bonds. The lowest BCUT2D eigenvalue weighted by Gasteiger charge is -2.07. The van der Waals surface area contributed by atoms with Crippen LogP contribution in [0.2, 0.25) is 10.0 Å². The molecular weight excluding hydrogens is 303 g/mol. The largest absolute Gasteiger partial charge is 0.459 e. The minimum atomic E-state index is -0.464. The molecule has 1 heterocycles. The average molecular weight is 313 g/mol. The summed E-state index contributed by atoms with van der Waals surface area (Å²) in [5.74, 6) is -0.721. The van der Waals surface area contributed by atoms with Crippen LogP contribution in [-0.4, -0.2) is 18.4 Å². The number of amides is 2. The molecule has 0 aliphatic carbocycles. The van der Waals surface area contributed by atoms with Crippen LogP contribution in [0.1, 0.15) is 10.6 Å². The lowest BCUT2D eigenvalue weighted by molar-refractivity contribution is -0.115. The molecule has 7 heteroatoms. The molecule has 104 valence electrons. The highest BCUT2D eigenvalue weighted by atomic mass is 35.5. The highest BCUT2D eigenvalue weighted by Gasteiger charge is 2.10. The van der Waals surface area contributed by atoms with Crippen molar-refractivity contribution in [2.75, 3.05) is 11.9 Å². The number of nitrogens with one attached hydrogen (secondary N) is 2. The highest BCUT2D eigenvalue weighted by molar-refractivity contribution is 6.35. The first kappa shape index (κ1) is 14.4. The predicted octanol–water partition coefficient (Wildman–Crippen LogP) is 2.95. The Balaban J connectivity index is 1.88. The van der Waals surface area contributed by atoms with Crippen LogP contribution in [0.15, 0.2) is 41.0 Å². The molecule has 1 aromatic carbocycles. The van der Waals surface area contributed by atoms with Crippen LogP contribution in [-0.2, 0) is 4.79 Å². The fraction of sp³-hybridized carbons (Fsp3) is 0.0769. The van der Waals surface area contributed by atoms with Gasteiger partial charge in [0.25, 0.3) is 5.91 Å². The molecule has 2 rings (SSSR count). The lowest BCUT2D eigenvalue weighted by Crippen LogP contribution is -2.32. The average Bonchev–Trinajstić information content (AvgIpc) is 2.88. The van der Waals surface area contributed by atoms with E-state index in [0.29, 0.717) is 15.7 Å². The zero-order valence-corrected chi connectivity index (χ0v) is 11.7. The van der Waals surface area contributed by atoms with Crippen LogP contribution < -0.4 is 10.6 Å². The Morgan fingerprint density at radius 1 is 1.15 bits per heavy atom. The van der Waals surface area contributed by atoms with Crippen LogP contribution in [0.5, 0.6) is 0 Å². The Bertz CT molecular complexity index is 606. The van der Waals surface area contributed by atoms with Gasteiger partial charge in [-0.25, -0.2) is 0 Å². The van der Waals surface area contributed by atoms with Crippen LogP contribution in [0, 0.1) is 0 Å². The van der Waals surface area contributed by atoms with Gasteiger partial charge in [-0.1, -0.05) is 23.2 Å². The molecule has 5 nitrogen and oxygen atoms in total. The second-order valence-corrected chi connectivity index (χ2v) is 4.74. The first-order valence-electron chi connectivity index (χ1n) is 5.62. The summed E-state index contributed by atoms with van der Waals surface area (Å²) in [4.78, 5) is 23.2. The van der Waals surface area contributed by atoms with Crippen molar-refractivity contribution in [1.29, 1.82) is 0 Å². The summed E-state index contributed by atoms with van der Waals surface area (Å²) in [6, 6.07) is 7.75. The van der Waals surface area contributed by atoms with E-state index in [2.05, 4.69) is 10.6 Å². The number of carbonyl (C=O) groups excluding carboxylic acids is 2. The molecule has 20 heavy (non-hydrogen) atoms. The van der Waals surface area contributed by atoms with Gasteiger partial charge in [0.15, 0.2) is 5.76 Å². The minimum absolute atomic E-state index is 0.142. The predicted molar refractivity (Wildman–Crippen MR) is 76.1 cm³/mol. The molecule has 0 aliphatic heterocycles. The Morgan fingerprint density at radius 2 is 1.85 bits per heavy atom. The van der Waals surface area contributed by atoms with Crippen molar-refractivity contribution in [1.82, 2.24) is 5.32 Å². The van der Waals surface area contributed by atoms with Gasteiger partial charge >= 0.3 is 0 Å². The van der Waals surface area contributed by atoms with Gasteiger partial charge in [0.05, 0.1) is 12.8 Å². The van der Waals surface area contributed by atoms with Crippen molar-refractivity contribution in [2.24, 2.45) is 0 Å². The number of anilines is 1. The normalized spacial score (nSPS) is 10.1. The van der Waals surface area contributed by atoms with Gasteiger partial charge in [-0.3, -0.25) is 9.59 Å². The minimum Gasteiger partial charge on any atom is -0.459 e. The smallest absolute Gasteiger partial charge is 0.287 e. The Kier molecular flexibility index (Phi) is 4.65. The van der Waals surface area contributed by atoms with E-state index in [4.69, 9.17) is 27.6 Å². The summed E-state index contributed by atoms with van der Waals surface area (Å²) >= 11 is 11.6. The number of hydrogen-bond acceptors (Lipinski definition) is 3. The summed E-state index contributed by atoms with van der Waals surface area (Å²) in [5.41, 5.74) is 0.458. The molecule has 0 aliphatic rings. The van der Waals surface area contributed by atoms with Crippen LogP contribution in [0.4, 0.5) is 5.69 Å². The Labute approximate surface area is 124 Å². The third kappa shape index (κ3) is 4.01. The molecule has 0 saturated heterocycles. The molecular formula is C13H10Cl2N2O3. The summed E-state index contributed by atoms with van der Waals surface area (Å²) in [6.45, 7) is -0.191.